The van der Waals surface area contributed by atoms with Crippen molar-refractivity contribution < 1.29 is 9.90 Å². The van der Waals surface area contributed by atoms with Crippen LogP contribution < -0.4 is 5.32 Å². The van der Waals surface area contributed by atoms with Crippen molar-refractivity contribution in [3.8, 4) is 5.75 Å². The quantitative estimate of drug-likeness (QED) is 0.698. The molecule has 1 fully saturated rings. The van der Waals surface area contributed by atoms with Crippen LogP contribution >= 0.6 is 11.3 Å². The van der Waals surface area contributed by atoms with Crippen LogP contribution in [0, 0.1) is 5.92 Å². The van der Waals surface area contributed by atoms with Gasteiger partial charge in [0.05, 0.1) is 6.04 Å². The Balaban J connectivity index is 1.70. The van der Waals surface area contributed by atoms with E-state index in [2.05, 4.69) is 10.3 Å². The summed E-state index contributed by atoms with van der Waals surface area (Å²) in [4.78, 5) is 18.2. The summed E-state index contributed by atoms with van der Waals surface area (Å²) in [6, 6.07) is 11.2. The van der Waals surface area contributed by atoms with Crippen molar-refractivity contribution in [2.75, 3.05) is 0 Å². The van der Waals surface area contributed by atoms with Gasteiger partial charge in [0.1, 0.15) is 11.3 Å². The van der Waals surface area contributed by atoms with E-state index in [9.17, 15) is 9.90 Å². The van der Waals surface area contributed by atoms with Crippen LogP contribution in [0.5, 0.6) is 5.75 Å². The van der Waals surface area contributed by atoms with Gasteiger partial charge in [0, 0.05) is 27.9 Å². The second kappa shape index (κ2) is 7.46. The van der Waals surface area contributed by atoms with Crippen LogP contribution in [0.15, 0.2) is 48.0 Å². The van der Waals surface area contributed by atoms with Crippen LogP contribution in [0.25, 0.3) is 10.9 Å². The Bertz CT molecular complexity index is 902. The zero-order chi connectivity index (χ0) is 17.9. The number of aromatic nitrogens is 1. The summed E-state index contributed by atoms with van der Waals surface area (Å²) >= 11 is 1.58. The van der Waals surface area contributed by atoms with Crippen molar-refractivity contribution in [1.29, 1.82) is 0 Å². The highest BCUT2D eigenvalue weighted by molar-refractivity contribution is 7.10. The molecule has 5 heteroatoms. The maximum absolute atomic E-state index is 12.8. The number of phenolic OH excluding ortho intramolecular Hbond substituents is 1. The summed E-state index contributed by atoms with van der Waals surface area (Å²) < 4.78 is 0. The highest BCUT2D eigenvalue weighted by Gasteiger charge is 2.27. The van der Waals surface area contributed by atoms with Crippen molar-refractivity contribution in [2.45, 2.75) is 38.1 Å². The van der Waals surface area contributed by atoms with E-state index in [1.165, 1.54) is 6.42 Å². The predicted octanol–water partition coefficient (Wildman–Crippen LogP) is 4.79. The monoisotopic (exact) mass is 366 g/mol. The van der Waals surface area contributed by atoms with Crippen LogP contribution in [0.1, 0.15) is 48.6 Å². The lowest BCUT2D eigenvalue weighted by molar-refractivity contribution is -0.126. The maximum atomic E-state index is 12.8. The summed E-state index contributed by atoms with van der Waals surface area (Å²) in [6.07, 6.45) is 7.03. The summed E-state index contributed by atoms with van der Waals surface area (Å²) in [5.41, 5.74) is 1.27. The number of aromatic hydroxyl groups is 1. The van der Waals surface area contributed by atoms with Gasteiger partial charge in [-0.1, -0.05) is 43.5 Å². The van der Waals surface area contributed by atoms with Crippen LogP contribution in [0.3, 0.4) is 0 Å². The zero-order valence-corrected chi connectivity index (χ0v) is 15.3. The Morgan fingerprint density at radius 2 is 2.00 bits per heavy atom. The largest absolute Gasteiger partial charge is 0.505 e. The number of nitrogens with zero attached hydrogens (tertiary/aromatic N) is 1. The fourth-order valence-electron chi connectivity index (χ4n) is 3.76. The molecule has 1 aliphatic carbocycles. The first kappa shape index (κ1) is 17.0. The number of thiophene rings is 1. The fraction of sp³-hybridized carbons (Fsp3) is 0.333. The first-order valence-electron chi connectivity index (χ1n) is 9.14. The molecule has 1 aliphatic rings. The Kier molecular flexibility index (Phi) is 4.89. The van der Waals surface area contributed by atoms with Gasteiger partial charge in [-0.2, -0.15) is 0 Å². The summed E-state index contributed by atoms with van der Waals surface area (Å²) in [5.74, 6) is 0.306. The molecule has 4 nitrogen and oxygen atoms in total. The van der Waals surface area contributed by atoms with Crippen molar-refractivity contribution in [2.24, 2.45) is 5.92 Å². The minimum atomic E-state index is -0.351. The molecule has 0 radical (unpaired) electrons. The number of hydrogen-bond acceptors (Lipinski definition) is 4. The Morgan fingerprint density at radius 1 is 1.15 bits per heavy atom. The third-order valence-corrected chi connectivity index (χ3v) is 6.12. The molecule has 2 heterocycles. The number of carbonyl (C=O) groups is 1. The number of pyridine rings is 1. The minimum absolute atomic E-state index is 0.0759. The van der Waals surface area contributed by atoms with E-state index >= 15 is 0 Å². The van der Waals surface area contributed by atoms with Gasteiger partial charge in [-0.05, 0) is 30.4 Å². The van der Waals surface area contributed by atoms with Crippen molar-refractivity contribution in [1.82, 2.24) is 10.3 Å². The van der Waals surface area contributed by atoms with Gasteiger partial charge < -0.3 is 10.4 Å². The highest BCUT2D eigenvalue weighted by Crippen LogP contribution is 2.36. The second-order valence-corrected chi connectivity index (χ2v) is 7.85. The first-order chi connectivity index (χ1) is 12.7. The fourth-order valence-corrected chi connectivity index (χ4v) is 4.55. The number of nitrogens with one attached hydrogen (secondary N) is 1. The number of phenols is 1. The molecular formula is C21H22N2O2S. The molecule has 3 aromatic rings. The van der Waals surface area contributed by atoms with Gasteiger partial charge in [0.2, 0.25) is 5.91 Å². The summed E-state index contributed by atoms with van der Waals surface area (Å²) in [7, 11) is 0. The van der Waals surface area contributed by atoms with Crippen LogP contribution in [-0.2, 0) is 4.79 Å². The molecule has 1 saturated carbocycles. The Labute approximate surface area is 156 Å². The topological polar surface area (TPSA) is 62.2 Å². The third kappa shape index (κ3) is 3.31. The number of benzene rings is 1. The molecule has 0 aliphatic heterocycles. The van der Waals surface area contributed by atoms with E-state index in [-0.39, 0.29) is 23.6 Å². The normalized spacial score (nSPS) is 16.5. The van der Waals surface area contributed by atoms with Crippen LogP contribution in [-0.4, -0.2) is 16.0 Å². The van der Waals surface area contributed by atoms with E-state index < -0.39 is 0 Å². The van der Waals surface area contributed by atoms with Gasteiger partial charge in [-0.3, -0.25) is 9.78 Å². The molecule has 1 aromatic carbocycles. The van der Waals surface area contributed by atoms with Gasteiger partial charge in [-0.15, -0.1) is 11.3 Å². The lowest BCUT2D eigenvalue weighted by atomic mass is 9.88. The molecule has 2 aromatic heterocycles. The second-order valence-electron chi connectivity index (χ2n) is 6.87. The molecule has 0 bridgehead atoms. The Hall–Kier alpha value is -2.40. The van der Waals surface area contributed by atoms with Crippen molar-refractivity contribution in [3.63, 3.8) is 0 Å². The number of fused-ring (bicyclic) bond motifs is 1. The first-order valence-corrected chi connectivity index (χ1v) is 10.0. The maximum Gasteiger partial charge on any atom is 0.223 e. The predicted molar refractivity (Wildman–Crippen MR) is 104 cm³/mol. The minimum Gasteiger partial charge on any atom is -0.505 e. The third-order valence-electron chi connectivity index (χ3n) is 5.18. The molecule has 4 rings (SSSR count). The van der Waals surface area contributed by atoms with E-state index in [0.717, 1.165) is 35.9 Å². The smallest absolute Gasteiger partial charge is 0.223 e. The molecular weight excluding hydrogens is 344 g/mol. The zero-order valence-electron chi connectivity index (χ0n) is 14.5. The standard InChI is InChI=1S/C21H22N2O2S/c24-20-16(11-10-14-8-4-12-22-18(14)20)19(17-9-5-13-26-17)23-21(25)15-6-2-1-3-7-15/h4-5,8-13,15,19,24H,1-3,6-7H2,(H,23,25). The van der Waals surface area contributed by atoms with Gasteiger partial charge >= 0.3 is 0 Å². The van der Waals surface area contributed by atoms with Crippen molar-refractivity contribution in [3.05, 3.63) is 58.4 Å². The number of amides is 1. The molecule has 1 amide bonds. The molecule has 0 spiro atoms. The van der Waals surface area contributed by atoms with E-state index in [4.69, 9.17) is 0 Å². The molecule has 26 heavy (non-hydrogen) atoms. The van der Waals surface area contributed by atoms with Crippen LogP contribution in [0.4, 0.5) is 0 Å². The number of carbonyl (C=O) groups excluding carboxylic acids is 1. The average Bonchev–Trinajstić information content (AvgIpc) is 3.22. The molecule has 0 saturated heterocycles. The number of hydrogen-bond donors (Lipinski definition) is 2. The Morgan fingerprint density at radius 3 is 2.77 bits per heavy atom. The van der Waals surface area contributed by atoms with Gasteiger partial charge in [-0.25, -0.2) is 0 Å². The van der Waals surface area contributed by atoms with E-state index in [1.54, 1.807) is 17.5 Å². The highest BCUT2D eigenvalue weighted by atomic mass is 32.1. The molecule has 1 unspecified atom stereocenters. The number of rotatable bonds is 4. The lowest BCUT2D eigenvalue weighted by Gasteiger charge is -2.25. The van der Waals surface area contributed by atoms with Crippen LogP contribution in [0.2, 0.25) is 0 Å². The molecule has 134 valence electrons. The molecule has 1 atom stereocenters. The van der Waals surface area contributed by atoms with E-state index in [0.29, 0.717) is 11.1 Å². The summed E-state index contributed by atoms with van der Waals surface area (Å²) in [5, 5.41) is 16.9. The van der Waals surface area contributed by atoms with Gasteiger partial charge in [0.15, 0.2) is 0 Å². The average molecular weight is 366 g/mol. The molecule has 2 N–H and O–H groups in total. The van der Waals surface area contributed by atoms with Gasteiger partial charge in [0.25, 0.3) is 0 Å². The SMILES string of the molecule is O=C(NC(c1cccs1)c1ccc2cccnc2c1O)C1CCCCC1. The summed E-state index contributed by atoms with van der Waals surface area (Å²) in [6.45, 7) is 0. The van der Waals surface area contributed by atoms with E-state index in [1.807, 2.05) is 41.8 Å². The van der Waals surface area contributed by atoms with Crippen molar-refractivity contribution >= 4 is 28.1 Å². The lowest BCUT2D eigenvalue weighted by Crippen LogP contribution is -2.35.